The summed E-state index contributed by atoms with van der Waals surface area (Å²) in [7, 11) is 0. The van der Waals surface area contributed by atoms with Crippen LogP contribution in [0.4, 0.5) is 0 Å². The second kappa shape index (κ2) is 10.8. The lowest BCUT2D eigenvalue weighted by molar-refractivity contribution is 0.0243. The first kappa shape index (κ1) is 22.0. The van der Waals surface area contributed by atoms with Crippen molar-refractivity contribution in [2.24, 2.45) is 4.99 Å². The van der Waals surface area contributed by atoms with Crippen LogP contribution in [-0.4, -0.2) is 42.3 Å². The number of nitrogens with one attached hydrogen (secondary N) is 2. The molecule has 1 aliphatic heterocycles. The molecular weight excluding hydrogens is 431 g/mol. The maximum atomic E-state index is 5.81. The third-order valence-corrected chi connectivity index (χ3v) is 3.85. The molecule has 7 heteroatoms. The summed E-state index contributed by atoms with van der Waals surface area (Å²) in [5.74, 6) is 1.45. The van der Waals surface area contributed by atoms with Gasteiger partial charge < -0.3 is 20.1 Å². The zero-order valence-electron chi connectivity index (χ0n) is 15.7. The summed E-state index contributed by atoms with van der Waals surface area (Å²) in [6.45, 7) is 11.2. The van der Waals surface area contributed by atoms with Crippen molar-refractivity contribution in [2.45, 2.75) is 58.8 Å². The van der Waals surface area contributed by atoms with E-state index in [1.807, 2.05) is 32.2 Å². The second-order valence-electron chi connectivity index (χ2n) is 6.62. The average Bonchev–Trinajstić information content (AvgIpc) is 2.98. The van der Waals surface area contributed by atoms with Crippen molar-refractivity contribution in [2.75, 3.05) is 19.7 Å². The summed E-state index contributed by atoms with van der Waals surface area (Å²) < 4.78 is 11.4. The van der Waals surface area contributed by atoms with Gasteiger partial charge in [-0.15, -0.1) is 24.0 Å². The summed E-state index contributed by atoms with van der Waals surface area (Å²) in [4.78, 5) is 8.93. The second-order valence-corrected chi connectivity index (χ2v) is 6.62. The minimum absolute atomic E-state index is 0. The highest BCUT2D eigenvalue weighted by molar-refractivity contribution is 14.0. The SMILES string of the molecule is CCNC(=NCc1ccc(OC(C)C)nc1)NCC1(C)CCCO1.I. The summed E-state index contributed by atoms with van der Waals surface area (Å²) in [5.41, 5.74) is 0.958. The number of hydrogen-bond donors (Lipinski definition) is 2. The minimum atomic E-state index is -0.0897. The molecule has 1 unspecified atom stereocenters. The Kier molecular flexibility index (Phi) is 9.48. The molecule has 142 valence electrons. The van der Waals surface area contributed by atoms with Crippen LogP contribution in [-0.2, 0) is 11.3 Å². The Hall–Kier alpha value is -1.09. The van der Waals surface area contributed by atoms with Gasteiger partial charge in [-0.1, -0.05) is 6.07 Å². The van der Waals surface area contributed by atoms with Gasteiger partial charge in [0.05, 0.1) is 18.2 Å². The van der Waals surface area contributed by atoms with Crippen molar-refractivity contribution in [3.63, 3.8) is 0 Å². The van der Waals surface area contributed by atoms with E-state index in [1.165, 1.54) is 0 Å². The smallest absolute Gasteiger partial charge is 0.213 e. The molecule has 2 rings (SSSR count). The highest BCUT2D eigenvalue weighted by atomic mass is 127. The van der Waals surface area contributed by atoms with E-state index in [1.54, 1.807) is 0 Å². The Bertz CT molecular complexity index is 528. The highest BCUT2D eigenvalue weighted by Gasteiger charge is 2.29. The Morgan fingerprint density at radius 3 is 2.76 bits per heavy atom. The molecule has 1 aromatic rings. The third kappa shape index (κ3) is 7.77. The van der Waals surface area contributed by atoms with Gasteiger partial charge in [-0.3, -0.25) is 0 Å². The first-order chi connectivity index (χ1) is 11.5. The molecule has 2 heterocycles. The topological polar surface area (TPSA) is 67.8 Å². The summed E-state index contributed by atoms with van der Waals surface area (Å²) in [6.07, 6.45) is 4.15. The van der Waals surface area contributed by atoms with E-state index in [-0.39, 0.29) is 35.7 Å². The predicted octanol–water partition coefficient (Wildman–Crippen LogP) is 3.11. The lowest BCUT2D eigenvalue weighted by Crippen LogP contribution is -2.45. The third-order valence-electron chi connectivity index (χ3n) is 3.85. The number of ether oxygens (including phenoxy) is 2. The summed E-state index contributed by atoms with van der Waals surface area (Å²) >= 11 is 0. The number of guanidine groups is 1. The van der Waals surface area contributed by atoms with Crippen LogP contribution in [0.2, 0.25) is 0 Å². The van der Waals surface area contributed by atoms with Gasteiger partial charge in [-0.2, -0.15) is 0 Å². The van der Waals surface area contributed by atoms with Crippen molar-refractivity contribution < 1.29 is 9.47 Å². The van der Waals surface area contributed by atoms with E-state index in [9.17, 15) is 0 Å². The summed E-state index contributed by atoms with van der Waals surface area (Å²) in [6, 6.07) is 3.89. The van der Waals surface area contributed by atoms with Crippen LogP contribution in [0.25, 0.3) is 0 Å². The number of aliphatic imine (C=N–C) groups is 1. The van der Waals surface area contributed by atoms with Gasteiger partial charge in [0.1, 0.15) is 0 Å². The van der Waals surface area contributed by atoms with Crippen LogP contribution in [0.1, 0.15) is 46.1 Å². The average molecular weight is 462 g/mol. The lowest BCUT2D eigenvalue weighted by Gasteiger charge is -2.24. The fraction of sp³-hybridized carbons (Fsp3) is 0.667. The molecule has 0 spiro atoms. The first-order valence-electron chi connectivity index (χ1n) is 8.78. The number of hydrogen-bond acceptors (Lipinski definition) is 4. The van der Waals surface area contributed by atoms with Gasteiger partial charge in [-0.05, 0) is 46.1 Å². The number of nitrogens with zero attached hydrogens (tertiary/aromatic N) is 2. The summed E-state index contributed by atoms with van der Waals surface area (Å²) in [5, 5.41) is 6.65. The monoisotopic (exact) mass is 462 g/mol. The molecular formula is C18H31IN4O2. The van der Waals surface area contributed by atoms with Crippen LogP contribution in [0.3, 0.4) is 0 Å². The molecule has 0 bridgehead atoms. The van der Waals surface area contributed by atoms with E-state index in [2.05, 4.69) is 34.5 Å². The van der Waals surface area contributed by atoms with E-state index >= 15 is 0 Å². The van der Waals surface area contributed by atoms with Crippen molar-refractivity contribution in [3.8, 4) is 5.88 Å². The van der Waals surface area contributed by atoms with Crippen LogP contribution < -0.4 is 15.4 Å². The Labute approximate surface area is 168 Å². The maximum Gasteiger partial charge on any atom is 0.213 e. The molecule has 0 radical (unpaired) electrons. The molecule has 1 fully saturated rings. The van der Waals surface area contributed by atoms with Crippen LogP contribution >= 0.6 is 24.0 Å². The van der Waals surface area contributed by atoms with Crippen LogP contribution in [0.5, 0.6) is 5.88 Å². The first-order valence-corrected chi connectivity index (χ1v) is 8.78. The van der Waals surface area contributed by atoms with E-state index < -0.39 is 0 Å². The van der Waals surface area contributed by atoms with Gasteiger partial charge in [-0.25, -0.2) is 9.98 Å². The fourth-order valence-corrected chi connectivity index (χ4v) is 2.57. The largest absolute Gasteiger partial charge is 0.475 e. The van der Waals surface area contributed by atoms with Crippen molar-refractivity contribution in [1.29, 1.82) is 0 Å². The quantitative estimate of drug-likeness (QED) is 0.371. The van der Waals surface area contributed by atoms with Gasteiger partial charge in [0.2, 0.25) is 5.88 Å². The van der Waals surface area contributed by atoms with Gasteiger partial charge in [0.15, 0.2) is 5.96 Å². The highest BCUT2D eigenvalue weighted by Crippen LogP contribution is 2.23. The molecule has 1 aliphatic rings. The Morgan fingerprint density at radius 2 is 2.20 bits per heavy atom. The van der Waals surface area contributed by atoms with E-state index in [0.717, 1.165) is 44.1 Å². The maximum absolute atomic E-state index is 5.81. The van der Waals surface area contributed by atoms with Gasteiger partial charge in [0, 0.05) is 32.0 Å². The fourth-order valence-electron chi connectivity index (χ4n) is 2.57. The number of rotatable bonds is 7. The predicted molar refractivity (Wildman–Crippen MR) is 112 cm³/mol. The number of aromatic nitrogens is 1. The molecule has 0 amide bonds. The molecule has 0 aromatic carbocycles. The van der Waals surface area contributed by atoms with Crippen molar-refractivity contribution in [1.82, 2.24) is 15.6 Å². The molecule has 25 heavy (non-hydrogen) atoms. The standard InChI is InChI=1S/C18H30N4O2.HI/c1-5-19-17(22-13-18(4)9-6-10-23-18)21-12-15-7-8-16(20-11-15)24-14(2)3;/h7-8,11,14H,5-6,9-10,12-13H2,1-4H3,(H2,19,21,22);1H. The Morgan fingerprint density at radius 1 is 1.40 bits per heavy atom. The zero-order valence-corrected chi connectivity index (χ0v) is 18.0. The molecule has 0 saturated carbocycles. The Balaban J connectivity index is 0.00000312. The molecule has 6 nitrogen and oxygen atoms in total. The minimum Gasteiger partial charge on any atom is -0.475 e. The van der Waals surface area contributed by atoms with Gasteiger partial charge >= 0.3 is 0 Å². The van der Waals surface area contributed by atoms with E-state index in [0.29, 0.717) is 12.4 Å². The normalized spacial score (nSPS) is 20.3. The number of pyridine rings is 1. The molecule has 1 aromatic heterocycles. The molecule has 1 saturated heterocycles. The number of halogens is 1. The van der Waals surface area contributed by atoms with Crippen molar-refractivity contribution in [3.05, 3.63) is 23.9 Å². The van der Waals surface area contributed by atoms with Gasteiger partial charge in [0.25, 0.3) is 0 Å². The lowest BCUT2D eigenvalue weighted by atomic mass is 10.0. The molecule has 2 N–H and O–H groups in total. The molecule has 1 atom stereocenters. The molecule has 0 aliphatic carbocycles. The van der Waals surface area contributed by atoms with E-state index in [4.69, 9.17) is 9.47 Å². The zero-order chi connectivity index (χ0) is 17.4. The van der Waals surface area contributed by atoms with Crippen LogP contribution in [0, 0.1) is 0 Å². The van der Waals surface area contributed by atoms with Crippen LogP contribution in [0.15, 0.2) is 23.3 Å². The van der Waals surface area contributed by atoms with Crippen molar-refractivity contribution >= 4 is 29.9 Å².